The maximum Gasteiger partial charge on any atom is 0.264 e. The summed E-state index contributed by atoms with van der Waals surface area (Å²) in [6, 6.07) is 12.1. The molecule has 0 aliphatic heterocycles. The van der Waals surface area contributed by atoms with Gasteiger partial charge in [0.1, 0.15) is 5.75 Å². The minimum atomic E-state index is -0.294. The van der Waals surface area contributed by atoms with Gasteiger partial charge in [0.05, 0.1) is 5.69 Å². The molecule has 0 radical (unpaired) electrons. The Hall–Kier alpha value is -3.19. The average Bonchev–Trinajstić information content (AvgIpc) is 3.23. The number of nitrogens with one attached hydrogen (secondary N) is 1. The highest BCUT2D eigenvalue weighted by molar-refractivity contribution is 7.15. The van der Waals surface area contributed by atoms with Gasteiger partial charge >= 0.3 is 0 Å². The molecule has 0 bridgehead atoms. The molecule has 0 spiro atoms. The third kappa shape index (κ3) is 3.86. The van der Waals surface area contributed by atoms with Crippen LogP contribution in [0.3, 0.4) is 0 Å². The smallest absolute Gasteiger partial charge is 0.264 e. The highest BCUT2D eigenvalue weighted by Gasteiger charge is 2.15. The van der Waals surface area contributed by atoms with E-state index >= 15 is 0 Å². The Balaban J connectivity index is 1.49. The lowest BCUT2D eigenvalue weighted by Crippen LogP contribution is -2.21. The number of ether oxygens (including phenoxy) is 1. The van der Waals surface area contributed by atoms with E-state index < -0.39 is 0 Å². The highest BCUT2D eigenvalue weighted by Crippen LogP contribution is 2.29. The molecule has 2 aromatic heterocycles. The van der Waals surface area contributed by atoms with Gasteiger partial charge in [-0.3, -0.25) is 10.1 Å². The van der Waals surface area contributed by atoms with Crippen molar-refractivity contribution < 1.29 is 9.53 Å². The maximum atomic E-state index is 12.3. The summed E-state index contributed by atoms with van der Waals surface area (Å²) in [5, 5.41) is 9.22. The first-order valence-electron chi connectivity index (χ1n) is 9.33. The first-order chi connectivity index (χ1) is 13.9. The number of carbonyl (C=O) groups excluding carboxylic acids is 1. The molecular formula is C22H22N4O2S. The third-order valence-corrected chi connectivity index (χ3v) is 5.72. The summed E-state index contributed by atoms with van der Waals surface area (Å²) in [6.07, 6.45) is 0. The van der Waals surface area contributed by atoms with Crippen LogP contribution in [0.2, 0.25) is 0 Å². The lowest BCUT2D eigenvalue weighted by molar-refractivity contribution is -0.118. The van der Waals surface area contributed by atoms with E-state index in [0.717, 1.165) is 27.3 Å². The summed E-state index contributed by atoms with van der Waals surface area (Å²) < 4.78 is 7.42. The Morgan fingerprint density at radius 2 is 1.97 bits per heavy atom. The van der Waals surface area contributed by atoms with Crippen molar-refractivity contribution in [1.82, 2.24) is 14.6 Å². The first-order valence-corrected chi connectivity index (χ1v) is 10.2. The van der Waals surface area contributed by atoms with Gasteiger partial charge in [0.15, 0.2) is 6.61 Å². The summed E-state index contributed by atoms with van der Waals surface area (Å²) >= 11 is 1.49. The lowest BCUT2D eigenvalue weighted by Gasteiger charge is -2.10. The Bertz CT molecular complexity index is 1210. The van der Waals surface area contributed by atoms with Crippen molar-refractivity contribution in [2.45, 2.75) is 27.7 Å². The largest absolute Gasteiger partial charge is 0.483 e. The second kappa shape index (κ2) is 7.67. The van der Waals surface area contributed by atoms with Crippen molar-refractivity contribution >= 4 is 28.2 Å². The van der Waals surface area contributed by atoms with Gasteiger partial charge in [0.25, 0.3) is 11.9 Å². The van der Waals surface area contributed by atoms with Crippen molar-refractivity contribution in [3.8, 4) is 17.0 Å². The predicted molar refractivity (Wildman–Crippen MR) is 116 cm³/mol. The molecule has 4 aromatic rings. The Labute approximate surface area is 173 Å². The van der Waals surface area contributed by atoms with Gasteiger partial charge in [0, 0.05) is 10.9 Å². The third-order valence-electron chi connectivity index (χ3n) is 4.90. The van der Waals surface area contributed by atoms with Gasteiger partial charge in [-0.15, -0.1) is 16.4 Å². The van der Waals surface area contributed by atoms with Crippen LogP contribution in [0.4, 0.5) is 5.95 Å². The molecule has 0 unspecified atom stereocenters. The topological polar surface area (TPSA) is 68.5 Å². The number of hydrogen-bond donors (Lipinski definition) is 1. The van der Waals surface area contributed by atoms with Crippen LogP contribution in [0.1, 0.15) is 22.3 Å². The zero-order valence-corrected chi connectivity index (χ0v) is 17.6. The van der Waals surface area contributed by atoms with Crippen LogP contribution in [-0.4, -0.2) is 27.1 Å². The number of hydrogen-bond acceptors (Lipinski definition) is 5. The standard InChI is InChI=1S/C22H22N4O2S/c1-13-8-9-17(15(3)10-13)18-12-29-22-24-21(25-26(18)22)23-20(27)11-28-19-7-5-6-14(2)16(19)4/h5-10,12H,11H2,1-4H3,(H,23,25,27). The van der Waals surface area contributed by atoms with Crippen molar-refractivity contribution in [1.29, 1.82) is 0 Å². The monoisotopic (exact) mass is 406 g/mol. The number of nitrogens with zero attached hydrogens (tertiary/aromatic N) is 3. The molecule has 148 valence electrons. The zero-order valence-electron chi connectivity index (χ0n) is 16.8. The van der Waals surface area contributed by atoms with E-state index in [4.69, 9.17) is 4.74 Å². The van der Waals surface area contributed by atoms with Gasteiger partial charge < -0.3 is 4.74 Å². The molecule has 0 atom stereocenters. The van der Waals surface area contributed by atoms with Gasteiger partial charge in [-0.1, -0.05) is 35.9 Å². The van der Waals surface area contributed by atoms with Gasteiger partial charge in [-0.25, -0.2) is 4.52 Å². The molecule has 0 aliphatic carbocycles. The molecule has 2 heterocycles. The number of anilines is 1. The van der Waals surface area contributed by atoms with Gasteiger partial charge in [-0.2, -0.15) is 4.98 Å². The molecule has 0 saturated carbocycles. The predicted octanol–water partition coefficient (Wildman–Crippen LogP) is 4.71. The Morgan fingerprint density at radius 3 is 2.76 bits per heavy atom. The highest BCUT2D eigenvalue weighted by atomic mass is 32.1. The normalized spacial score (nSPS) is 11.0. The van der Waals surface area contributed by atoms with E-state index in [0.29, 0.717) is 5.75 Å². The number of benzene rings is 2. The Morgan fingerprint density at radius 1 is 1.14 bits per heavy atom. The van der Waals surface area contributed by atoms with Crippen LogP contribution in [0.15, 0.2) is 41.8 Å². The van der Waals surface area contributed by atoms with Crippen molar-refractivity contribution in [3.63, 3.8) is 0 Å². The van der Waals surface area contributed by atoms with Crippen molar-refractivity contribution in [3.05, 3.63) is 64.0 Å². The number of rotatable bonds is 5. The maximum absolute atomic E-state index is 12.3. The number of fused-ring (bicyclic) bond motifs is 1. The molecule has 29 heavy (non-hydrogen) atoms. The van der Waals surface area contributed by atoms with E-state index in [2.05, 4.69) is 47.4 Å². The van der Waals surface area contributed by atoms with Crippen LogP contribution < -0.4 is 10.1 Å². The molecule has 1 N–H and O–H groups in total. The second-order valence-electron chi connectivity index (χ2n) is 7.10. The van der Waals surface area contributed by atoms with Crippen LogP contribution in [0, 0.1) is 27.7 Å². The second-order valence-corrected chi connectivity index (χ2v) is 7.94. The molecule has 2 aromatic carbocycles. The SMILES string of the molecule is Cc1ccc(-c2csc3nc(NC(=O)COc4cccc(C)c4C)nn23)c(C)c1. The number of amides is 1. The fraction of sp³-hybridized carbons (Fsp3) is 0.227. The molecule has 7 heteroatoms. The number of aromatic nitrogens is 3. The van der Waals surface area contributed by atoms with Gasteiger partial charge in [-0.05, 0) is 50.5 Å². The van der Waals surface area contributed by atoms with Crippen molar-refractivity contribution in [2.24, 2.45) is 0 Å². The summed E-state index contributed by atoms with van der Waals surface area (Å²) in [6.45, 7) is 8.04. The lowest BCUT2D eigenvalue weighted by atomic mass is 10.0. The van der Waals surface area contributed by atoms with E-state index in [1.54, 1.807) is 4.52 Å². The molecule has 0 fully saturated rings. The summed E-state index contributed by atoms with van der Waals surface area (Å²) in [5.41, 5.74) is 6.60. The van der Waals surface area contributed by atoms with Crippen LogP contribution in [0.5, 0.6) is 5.75 Å². The molecule has 1 amide bonds. The van der Waals surface area contributed by atoms with Gasteiger partial charge in [0.2, 0.25) is 4.96 Å². The number of carbonyl (C=O) groups is 1. The molecule has 0 aliphatic rings. The fourth-order valence-corrected chi connectivity index (χ4v) is 4.03. The van der Waals surface area contributed by atoms with Crippen LogP contribution in [0.25, 0.3) is 16.2 Å². The molecule has 6 nitrogen and oxygen atoms in total. The van der Waals surface area contributed by atoms with Crippen molar-refractivity contribution in [2.75, 3.05) is 11.9 Å². The minimum absolute atomic E-state index is 0.0962. The summed E-state index contributed by atoms with van der Waals surface area (Å²) in [7, 11) is 0. The molecule has 4 rings (SSSR count). The quantitative estimate of drug-likeness (QED) is 0.521. The molecule has 0 saturated heterocycles. The Kier molecular flexibility index (Phi) is 5.07. The van der Waals surface area contributed by atoms with E-state index in [-0.39, 0.29) is 18.5 Å². The van der Waals surface area contributed by atoms with Crippen LogP contribution >= 0.6 is 11.3 Å². The van der Waals surface area contributed by atoms with Crippen LogP contribution in [-0.2, 0) is 4.79 Å². The first kappa shape index (κ1) is 19.1. The van der Waals surface area contributed by atoms with E-state index in [1.807, 2.05) is 37.4 Å². The minimum Gasteiger partial charge on any atom is -0.483 e. The van der Waals surface area contributed by atoms with E-state index in [1.165, 1.54) is 22.5 Å². The number of aryl methyl sites for hydroxylation is 3. The molecular weight excluding hydrogens is 384 g/mol. The fourth-order valence-electron chi connectivity index (χ4n) is 3.21. The number of thiazole rings is 1. The summed E-state index contributed by atoms with van der Waals surface area (Å²) in [5.74, 6) is 0.686. The van der Waals surface area contributed by atoms with E-state index in [9.17, 15) is 4.79 Å². The zero-order chi connectivity index (χ0) is 20.5. The average molecular weight is 407 g/mol. The summed E-state index contributed by atoms with van der Waals surface area (Å²) in [4.78, 5) is 17.4.